The zero-order valence-electron chi connectivity index (χ0n) is 9.50. The van der Waals surface area contributed by atoms with Gasteiger partial charge in [-0.3, -0.25) is 14.5 Å². The van der Waals surface area contributed by atoms with Gasteiger partial charge in [-0.15, -0.1) is 0 Å². The molecule has 2 rings (SSSR count). The van der Waals surface area contributed by atoms with Gasteiger partial charge in [-0.1, -0.05) is 24.3 Å². The number of carboxylic acids is 1. The number of rotatable bonds is 4. The predicted molar refractivity (Wildman–Crippen MR) is 62.9 cm³/mol. The van der Waals surface area contributed by atoms with Crippen molar-refractivity contribution in [3.63, 3.8) is 0 Å². The Labute approximate surface area is 99.9 Å². The topological polar surface area (TPSA) is 57.6 Å². The fraction of sp³-hybridized carbons (Fsp3) is 0.385. The Hall–Kier alpha value is -1.68. The standard InChI is InChI=1S/C13H15NO3/c15-9-11-5-2-1-4-10(11)8-14-7-3-6-12(14)13(16)17/h1-2,4-5,9,12H,3,6-8H2,(H,16,17). The Balaban J connectivity index is 2.15. The molecule has 0 aliphatic carbocycles. The summed E-state index contributed by atoms with van der Waals surface area (Å²) in [5.41, 5.74) is 1.54. The highest BCUT2D eigenvalue weighted by atomic mass is 16.4. The molecule has 1 aliphatic rings. The molecule has 90 valence electrons. The van der Waals surface area contributed by atoms with E-state index in [0.29, 0.717) is 18.5 Å². The van der Waals surface area contributed by atoms with Crippen LogP contribution in [0.25, 0.3) is 0 Å². The van der Waals surface area contributed by atoms with Gasteiger partial charge in [-0.05, 0) is 24.9 Å². The highest BCUT2D eigenvalue weighted by molar-refractivity contribution is 5.77. The SMILES string of the molecule is O=Cc1ccccc1CN1CCCC1C(=O)O. The van der Waals surface area contributed by atoms with Crippen LogP contribution in [0.5, 0.6) is 0 Å². The van der Waals surface area contributed by atoms with E-state index in [4.69, 9.17) is 5.11 Å². The minimum Gasteiger partial charge on any atom is -0.480 e. The van der Waals surface area contributed by atoms with E-state index in [1.165, 1.54) is 0 Å². The van der Waals surface area contributed by atoms with Crippen LogP contribution < -0.4 is 0 Å². The number of carbonyl (C=O) groups excluding carboxylic acids is 1. The summed E-state index contributed by atoms with van der Waals surface area (Å²) in [7, 11) is 0. The van der Waals surface area contributed by atoms with Crippen molar-refractivity contribution < 1.29 is 14.7 Å². The number of carbonyl (C=O) groups is 2. The predicted octanol–water partition coefficient (Wildman–Crippen LogP) is 1.55. The van der Waals surface area contributed by atoms with E-state index in [9.17, 15) is 9.59 Å². The van der Waals surface area contributed by atoms with Crippen LogP contribution in [0.3, 0.4) is 0 Å². The summed E-state index contributed by atoms with van der Waals surface area (Å²) < 4.78 is 0. The van der Waals surface area contributed by atoms with Crippen LogP contribution in [-0.2, 0) is 11.3 Å². The van der Waals surface area contributed by atoms with Crippen molar-refractivity contribution in [2.45, 2.75) is 25.4 Å². The first-order chi connectivity index (χ1) is 8.22. The summed E-state index contributed by atoms with van der Waals surface area (Å²) in [6.07, 6.45) is 2.42. The number of aldehydes is 1. The molecule has 0 bridgehead atoms. The minimum absolute atomic E-state index is 0.408. The van der Waals surface area contributed by atoms with Gasteiger partial charge in [-0.25, -0.2) is 0 Å². The van der Waals surface area contributed by atoms with Crippen LogP contribution in [0, 0.1) is 0 Å². The van der Waals surface area contributed by atoms with Gasteiger partial charge in [0.1, 0.15) is 12.3 Å². The number of likely N-dealkylation sites (tertiary alicyclic amines) is 1. The third-order valence-corrected chi connectivity index (χ3v) is 3.20. The molecule has 1 aromatic rings. The molecule has 1 N–H and O–H groups in total. The van der Waals surface area contributed by atoms with Gasteiger partial charge < -0.3 is 5.11 Å². The molecule has 4 nitrogen and oxygen atoms in total. The van der Waals surface area contributed by atoms with Crippen LogP contribution in [0.15, 0.2) is 24.3 Å². The molecule has 1 saturated heterocycles. The average Bonchev–Trinajstić information content (AvgIpc) is 2.78. The molecule has 0 amide bonds. The number of benzene rings is 1. The summed E-state index contributed by atoms with van der Waals surface area (Å²) >= 11 is 0. The lowest BCUT2D eigenvalue weighted by atomic mass is 10.1. The first-order valence-corrected chi connectivity index (χ1v) is 5.72. The highest BCUT2D eigenvalue weighted by Gasteiger charge is 2.30. The average molecular weight is 233 g/mol. The largest absolute Gasteiger partial charge is 0.480 e. The third kappa shape index (κ3) is 2.53. The summed E-state index contributed by atoms with van der Waals surface area (Å²) in [6.45, 7) is 1.32. The van der Waals surface area contributed by atoms with E-state index in [1.54, 1.807) is 6.07 Å². The van der Waals surface area contributed by atoms with Crippen molar-refractivity contribution in [1.82, 2.24) is 4.90 Å². The second-order valence-electron chi connectivity index (χ2n) is 4.28. The van der Waals surface area contributed by atoms with Crippen LogP contribution in [0.4, 0.5) is 0 Å². The van der Waals surface area contributed by atoms with Crippen molar-refractivity contribution >= 4 is 12.3 Å². The van der Waals surface area contributed by atoms with E-state index in [1.807, 2.05) is 23.1 Å². The molecule has 0 saturated carbocycles. The van der Waals surface area contributed by atoms with Crippen molar-refractivity contribution in [3.05, 3.63) is 35.4 Å². The zero-order chi connectivity index (χ0) is 12.3. The van der Waals surface area contributed by atoms with Gasteiger partial charge in [0.25, 0.3) is 0 Å². The Kier molecular flexibility index (Phi) is 3.54. The fourth-order valence-corrected chi connectivity index (χ4v) is 2.31. The number of carboxylic acid groups (broad SMARTS) is 1. The Morgan fingerprint density at radius 2 is 2.24 bits per heavy atom. The van der Waals surface area contributed by atoms with Gasteiger partial charge in [0.15, 0.2) is 0 Å². The van der Waals surface area contributed by atoms with Gasteiger partial charge in [0.05, 0.1) is 0 Å². The lowest BCUT2D eigenvalue weighted by molar-refractivity contribution is -0.142. The molecule has 17 heavy (non-hydrogen) atoms. The molecular weight excluding hydrogens is 218 g/mol. The van der Waals surface area contributed by atoms with Gasteiger partial charge in [0.2, 0.25) is 0 Å². The second-order valence-corrected chi connectivity index (χ2v) is 4.28. The lowest BCUT2D eigenvalue weighted by Gasteiger charge is -2.21. The normalized spacial score (nSPS) is 20.4. The molecule has 4 heteroatoms. The summed E-state index contributed by atoms with van der Waals surface area (Å²) in [6, 6.07) is 6.91. The number of hydrogen-bond acceptors (Lipinski definition) is 3. The van der Waals surface area contributed by atoms with Crippen molar-refractivity contribution in [1.29, 1.82) is 0 Å². The maximum atomic E-state index is 11.0. The molecule has 1 atom stereocenters. The first-order valence-electron chi connectivity index (χ1n) is 5.72. The van der Waals surface area contributed by atoms with Crippen molar-refractivity contribution in [3.8, 4) is 0 Å². The van der Waals surface area contributed by atoms with Crippen LogP contribution >= 0.6 is 0 Å². The van der Waals surface area contributed by atoms with Gasteiger partial charge >= 0.3 is 5.97 Å². The number of nitrogens with zero attached hydrogens (tertiary/aromatic N) is 1. The molecule has 1 unspecified atom stereocenters. The van der Waals surface area contributed by atoms with Crippen molar-refractivity contribution in [2.75, 3.05) is 6.54 Å². The third-order valence-electron chi connectivity index (χ3n) is 3.20. The lowest BCUT2D eigenvalue weighted by Crippen LogP contribution is -2.35. The maximum Gasteiger partial charge on any atom is 0.320 e. The Morgan fingerprint density at radius 3 is 2.94 bits per heavy atom. The summed E-state index contributed by atoms with van der Waals surface area (Å²) in [4.78, 5) is 23.8. The maximum absolute atomic E-state index is 11.0. The highest BCUT2D eigenvalue weighted by Crippen LogP contribution is 2.21. The quantitative estimate of drug-likeness (QED) is 0.801. The van der Waals surface area contributed by atoms with E-state index in [2.05, 4.69) is 0 Å². The Bertz CT molecular complexity index is 430. The fourth-order valence-electron chi connectivity index (χ4n) is 2.31. The molecule has 0 spiro atoms. The number of hydrogen-bond donors (Lipinski definition) is 1. The first kappa shape index (κ1) is 11.8. The van der Waals surface area contributed by atoms with Gasteiger partial charge in [0, 0.05) is 12.1 Å². The van der Waals surface area contributed by atoms with E-state index < -0.39 is 12.0 Å². The second kappa shape index (κ2) is 5.10. The molecule has 1 heterocycles. The van der Waals surface area contributed by atoms with E-state index >= 15 is 0 Å². The molecular formula is C13H15NO3. The molecule has 1 aliphatic heterocycles. The van der Waals surface area contributed by atoms with Crippen molar-refractivity contribution in [2.24, 2.45) is 0 Å². The summed E-state index contributed by atoms with van der Waals surface area (Å²) in [5, 5.41) is 9.08. The number of aliphatic carboxylic acids is 1. The van der Waals surface area contributed by atoms with Gasteiger partial charge in [-0.2, -0.15) is 0 Å². The monoisotopic (exact) mass is 233 g/mol. The van der Waals surface area contributed by atoms with Crippen LogP contribution in [-0.4, -0.2) is 34.8 Å². The minimum atomic E-state index is -0.772. The molecule has 0 radical (unpaired) electrons. The zero-order valence-corrected chi connectivity index (χ0v) is 9.50. The molecule has 1 fully saturated rings. The van der Waals surface area contributed by atoms with E-state index in [-0.39, 0.29) is 0 Å². The smallest absolute Gasteiger partial charge is 0.320 e. The van der Waals surface area contributed by atoms with Crippen LogP contribution in [0.2, 0.25) is 0 Å². The van der Waals surface area contributed by atoms with E-state index in [0.717, 1.165) is 24.8 Å². The van der Waals surface area contributed by atoms with Crippen LogP contribution in [0.1, 0.15) is 28.8 Å². The Morgan fingerprint density at radius 1 is 1.47 bits per heavy atom. The summed E-state index contributed by atoms with van der Waals surface area (Å²) in [5.74, 6) is -0.772. The molecule has 0 aromatic heterocycles. The molecule has 1 aromatic carbocycles.